The van der Waals surface area contributed by atoms with E-state index in [4.69, 9.17) is 0 Å². The molecule has 0 amide bonds. The molecule has 0 aliphatic rings. The third kappa shape index (κ3) is 2.85. The zero-order chi connectivity index (χ0) is 17.4. The van der Waals surface area contributed by atoms with Gasteiger partial charge in [0.15, 0.2) is 5.82 Å². The molecule has 0 saturated heterocycles. The highest BCUT2D eigenvalue weighted by Gasteiger charge is 2.08. The summed E-state index contributed by atoms with van der Waals surface area (Å²) in [5.41, 5.74) is 4.71. The number of nitrogens with zero attached hydrogens (tertiary/aromatic N) is 3. The first-order valence-corrected chi connectivity index (χ1v) is 7.98. The van der Waals surface area contributed by atoms with Crippen LogP contribution in [-0.4, -0.2) is 29.0 Å². The first-order valence-electron chi connectivity index (χ1n) is 7.98. The molecule has 1 aromatic carbocycles. The van der Waals surface area contributed by atoms with Crippen LogP contribution in [0.5, 0.6) is 0 Å². The summed E-state index contributed by atoms with van der Waals surface area (Å²) in [5, 5.41) is 0.553. The Morgan fingerprint density at radius 3 is 2.24 bits per heavy atom. The molecular weight excluding hydrogens is 315 g/mol. The average molecular weight is 332 g/mol. The van der Waals surface area contributed by atoms with Crippen molar-refractivity contribution in [1.82, 2.24) is 15.0 Å². The van der Waals surface area contributed by atoms with Crippen molar-refractivity contribution in [2.45, 2.75) is 0 Å². The molecule has 0 aliphatic heterocycles. The van der Waals surface area contributed by atoms with Gasteiger partial charge in [-0.05, 0) is 29.3 Å². The lowest BCUT2D eigenvalue weighted by atomic mass is 10.0. The molecule has 0 aliphatic carbocycles. The van der Waals surface area contributed by atoms with Crippen molar-refractivity contribution in [3.8, 4) is 22.4 Å². The molecule has 4 rings (SSSR count). The van der Waals surface area contributed by atoms with Gasteiger partial charge in [-0.2, -0.15) is 0 Å². The first-order chi connectivity index (χ1) is 12.1. The van der Waals surface area contributed by atoms with Crippen LogP contribution in [-0.2, 0) is 0 Å². The van der Waals surface area contributed by atoms with Gasteiger partial charge in [-0.25, -0.2) is 9.37 Å². The highest BCUT2D eigenvalue weighted by atomic mass is 19.1. The molecule has 5 heteroatoms. The second kappa shape index (κ2) is 6.02. The Morgan fingerprint density at radius 1 is 0.880 bits per heavy atom. The smallest absolute Gasteiger partial charge is 0.150 e. The highest BCUT2D eigenvalue weighted by Crippen LogP contribution is 2.28. The van der Waals surface area contributed by atoms with E-state index in [9.17, 15) is 4.39 Å². The number of aromatic amines is 1. The number of pyridine rings is 2. The van der Waals surface area contributed by atoms with E-state index in [1.165, 1.54) is 6.20 Å². The molecule has 0 fully saturated rings. The summed E-state index contributed by atoms with van der Waals surface area (Å²) in [4.78, 5) is 13.5. The molecule has 0 bridgehead atoms. The van der Waals surface area contributed by atoms with Crippen LogP contribution < -0.4 is 4.90 Å². The molecule has 124 valence electrons. The molecule has 4 aromatic rings. The van der Waals surface area contributed by atoms with Crippen LogP contribution in [0.25, 0.3) is 33.3 Å². The third-order valence-corrected chi connectivity index (χ3v) is 4.23. The van der Waals surface area contributed by atoms with Gasteiger partial charge < -0.3 is 9.88 Å². The molecule has 0 saturated carbocycles. The maximum atomic E-state index is 13.8. The third-order valence-electron chi connectivity index (χ3n) is 4.23. The Balaban J connectivity index is 1.66. The molecule has 1 N–H and O–H groups in total. The van der Waals surface area contributed by atoms with Crippen LogP contribution in [0.2, 0.25) is 0 Å². The van der Waals surface area contributed by atoms with E-state index in [-0.39, 0.29) is 5.82 Å². The van der Waals surface area contributed by atoms with Gasteiger partial charge in [0.25, 0.3) is 0 Å². The molecule has 3 aromatic heterocycles. The molecule has 0 radical (unpaired) electrons. The van der Waals surface area contributed by atoms with Crippen LogP contribution in [0.1, 0.15) is 0 Å². The predicted molar refractivity (Wildman–Crippen MR) is 99.0 cm³/mol. The Bertz CT molecular complexity index is 1020. The van der Waals surface area contributed by atoms with Crippen LogP contribution in [0.4, 0.5) is 10.2 Å². The van der Waals surface area contributed by atoms with Crippen LogP contribution in [0, 0.1) is 5.82 Å². The molecule has 0 atom stereocenters. The lowest BCUT2D eigenvalue weighted by Crippen LogP contribution is -2.09. The number of benzene rings is 1. The van der Waals surface area contributed by atoms with Gasteiger partial charge in [-0.15, -0.1) is 0 Å². The monoisotopic (exact) mass is 332 g/mol. The molecule has 4 nitrogen and oxygen atoms in total. The first kappa shape index (κ1) is 15.3. The Labute approximate surface area is 145 Å². The number of fused-ring (bicyclic) bond motifs is 1. The van der Waals surface area contributed by atoms with Crippen molar-refractivity contribution in [1.29, 1.82) is 0 Å². The number of halogens is 1. The minimum absolute atomic E-state index is 0.316. The van der Waals surface area contributed by atoms with Gasteiger partial charge in [-0.1, -0.05) is 24.3 Å². The zero-order valence-electron chi connectivity index (χ0n) is 14.0. The van der Waals surface area contributed by atoms with Crippen molar-refractivity contribution in [2.75, 3.05) is 19.0 Å². The van der Waals surface area contributed by atoms with Crippen LogP contribution in [0.3, 0.4) is 0 Å². The summed E-state index contributed by atoms with van der Waals surface area (Å²) in [7, 11) is 3.94. The fourth-order valence-corrected chi connectivity index (χ4v) is 2.84. The second-order valence-corrected chi connectivity index (χ2v) is 6.14. The van der Waals surface area contributed by atoms with E-state index in [0.717, 1.165) is 28.2 Å². The van der Waals surface area contributed by atoms with Gasteiger partial charge in [0.05, 0.1) is 17.9 Å². The van der Waals surface area contributed by atoms with Gasteiger partial charge in [0.1, 0.15) is 5.82 Å². The largest absolute Gasteiger partial charge is 0.363 e. The summed E-state index contributed by atoms with van der Waals surface area (Å²) in [6, 6.07) is 14.0. The number of aromatic nitrogens is 3. The lowest BCUT2D eigenvalue weighted by molar-refractivity contribution is 0.634. The average Bonchev–Trinajstić information content (AvgIpc) is 3.08. The second-order valence-electron chi connectivity index (χ2n) is 6.14. The SMILES string of the molecule is CN(C)c1ccc(-c2ccc(-c3cc4c(F)cncc4[nH]3)cc2)cn1. The molecule has 0 unspecified atom stereocenters. The summed E-state index contributed by atoms with van der Waals surface area (Å²) >= 11 is 0. The van der Waals surface area contributed by atoms with Gasteiger partial charge in [0.2, 0.25) is 0 Å². The molecule has 25 heavy (non-hydrogen) atoms. The fourth-order valence-electron chi connectivity index (χ4n) is 2.84. The van der Waals surface area contributed by atoms with E-state index < -0.39 is 0 Å². The Kier molecular flexibility index (Phi) is 3.69. The number of anilines is 1. The minimum Gasteiger partial charge on any atom is -0.363 e. The zero-order valence-corrected chi connectivity index (χ0v) is 14.0. The minimum atomic E-state index is -0.316. The number of hydrogen-bond acceptors (Lipinski definition) is 3. The fraction of sp³-hybridized carbons (Fsp3) is 0.100. The Morgan fingerprint density at radius 2 is 1.60 bits per heavy atom. The van der Waals surface area contributed by atoms with Crippen molar-refractivity contribution in [3.63, 3.8) is 0 Å². The lowest BCUT2D eigenvalue weighted by Gasteiger charge is -2.11. The summed E-state index contributed by atoms with van der Waals surface area (Å²) in [6.45, 7) is 0. The Hall–Kier alpha value is -3.21. The van der Waals surface area contributed by atoms with Crippen molar-refractivity contribution >= 4 is 16.7 Å². The quantitative estimate of drug-likeness (QED) is 0.601. The predicted octanol–water partition coefficient (Wildman–Crippen LogP) is 4.50. The van der Waals surface area contributed by atoms with Gasteiger partial charge in [-0.3, -0.25) is 4.98 Å². The maximum absolute atomic E-state index is 13.8. The van der Waals surface area contributed by atoms with Crippen LogP contribution in [0.15, 0.2) is 61.1 Å². The van der Waals surface area contributed by atoms with Gasteiger partial charge in [0, 0.05) is 36.9 Å². The molecule has 3 heterocycles. The van der Waals surface area contributed by atoms with Gasteiger partial charge >= 0.3 is 0 Å². The normalized spacial score (nSPS) is 11.0. The number of rotatable bonds is 3. The van der Waals surface area contributed by atoms with Crippen molar-refractivity contribution in [2.24, 2.45) is 0 Å². The summed E-state index contributed by atoms with van der Waals surface area (Å²) in [6.07, 6.45) is 4.73. The maximum Gasteiger partial charge on any atom is 0.150 e. The molecular formula is C20H17FN4. The number of nitrogens with one attached hydrogen (secondary N) is 1. The van der Waals surface area contributed by atoms with Crippen LogP contribution >= 0.6 is 0 Å². The van der Waals surface area contributed by atoms with Crippen molar-refractivity contribution in [3.05, 3.63) is 66.9 Å². The summed E-state index contributed by atoms with van der Waals surface area (Å²) < 4.78 is 13.8. The number of H-pyrrole nitrogens is 1. The highest BCUT2D eigenvalue weighted by molar-refractivity contribution is 5.86. The van der Waals surface area contributed by atoms with Crippen molar-refractivity contribution < 1.29 is 4.39 Å². The van der Waals surface area contributed by atoms with E-state index >= 15 is 0 Å². The standard InChI is InChI=1S/C20H17FN4/c1-25(2)20-8-7-15(10-23-20)13-3-5-14(6-4-13)18-9-16-17(21)11-22-12-19(16)24-18/h3-12,24H,1-2H3. The van der Waals surface area contributed by atoms with E-state index in [2.05, 4.69) is 21.0 Å². The molecule has 0 spiro atoms. The van der Waals surface area contributed by atoms with E-state index in [0.29, 0.717) is 10.9 Å². The van der Waals surface area contributed by atoms with E-state index in [1.807, 2.05) is 61.6 Å². The topological polar surface area (TPSA) is 44.8 Å². The number of hydrogen-bond donors (Lipinski definition) is 1. The summed E-state index contributed by atoms with van der Waals surface area (Å²) in [5.74, 6) is 0.609. The van der Waals surface area contributed by atoms with E-state index in [1.54, 1.807) is 6.20 Å².